The van der Waals surface area contributed by atoms with Crippen LogP contribution in [0.1, 0.15) is 0 Å². The summed E-state index contributed by atoms with van der Waals surface area (Å²) in [5.74, 6) is 0. The number of para-hydroxylation sites is 2. The molecular formula is C7H7AsN2O4. The predicted octanol–water partition coefficient (Wildman–Crippen LogP) is -1.82. The third-order valence-electron chi connectivity index (χ3n) is 1.31. The van der Waals surface area contributed by atoms with E-state index in [-0.39, 0.29) is 0 Å². The summed E-state index contributed by atoms with van der Waals surface area (Å²) >= 11 is -3.58. The van der Waals surface area contributed by atoms with Crippen LogP contribution in [0.3, 0.4) is 0 Å². The summed E-state index contributed by atoms with van der Waals surface area (Å²) < 4.78 is 23.2. The molecule has 0 radical (unpaired) electrons. The summed E-state index contributed by atoms with van der Waals surface area (Å²) in [5, 5.41) is 1.35. The minimum absolute atomic E-state index is 0.402. The van der Waals surface area contributed by atoms with E-state index in [1.165, 1.54) is 0 Å². The molecule has 2 N–H and O–H groups in total. The molecule has 2 rings (SSSR count). The molecule has 74 valence electrons. The Kier molecular flexibility index (Phi) is 3.76. The molecule has 14 heavy (non-hydrogen) atoms. The third kappa shape index (κ3) is 3.25. The molecule has 0 saturated heterocycles. The Labute approximate surface area is 83.4 Å². The Hall–Kier alpha value is -1.23. The van der Waals surface area contributed by atoms with Gasteiger partial charge in [0.05, 0.1) is 10.7 Å². The van der Waals surface area contributed by atoms with E-state index in [1.807, 2.05) is 12.1 Å². The van der Waals surface area contributed by atoms with Gasteiger partial charge in [-0.25, -0.2) is 4.79 Å². The van der Waals surface area contributed by atoms with Crippen molar-refractivity contribution in [2.24, 2.45) is 9.98 Å². The van der Waals surface area contributed by atoms with Crippen LogP contribution in [0.5, 0.6) is 0 Å². The molecule has 0 aromatic heterocycles. The Morgan fingerprint density at radius 3 is 1.79 bits per heavy atom. The molecule has 1 aromatic rings. The van der Waals surface area contributed by atoms with Crippen molar-refractivity contribution in [2.45, 2.75) is 0 Å². The second-order valence-corrected chi connectivity index (χ2v) is 3.46. The van der Waals surface area contributed by atoms with Gasteiger partial charge in [-0.05, 0) is 12.1 Å². The summed E-state index contributed by atoms with van der Waals surface area (Å²) in [5.41, 5.74) is 0. The van der Waals surface area contributed by atoms with Gasteiger partial charge < -0.3 is 0 Å². The summed E-state index contributed by atoms with van der Waals surface area (Å²) in [6.07, 6.45) is 0. The van der Waals surface area contributed by atoms with Crippen molar-refractivity contribution < 1.29 is 16.7 Å². The Morgan fingerprint density at radius 2 is 1.43 bits per heavy atom. The van der Waals surface area contributed by atoms with Crippen LogP contribution in [0, 0.1) is 0 Å². The topological polar surface area (TPSA) is 99.3 Å². The first-order valence-electron chi connectivity index (χ1n) is 3.58. The number of carbonyl (C=O) groups is 1. The molecule has 7 heteroatoms. The number of urea groups is 1. The van der Waals surface area contributed by atoms with E-state index in [1.54, 1.807) is 12.1 Å². The van der Waals surface area contributed by atoms with E-state index >= 15 is 0 Å². The van der Waals surface area contributed by atoms with Crippen LogP contribution in [0.4, 0.5) is 4.79 Å². The van der Waals surface area contributed by atoms with Crippen molar-refractivity contribution in [3.05, 3.63) is 35.0 Å². The fraction of sp³-hybridized carbons (Fsp3) is 0. The van der Waals surface area contributed by atoms with Gasteiger partial charge in [0.15, 0.2) is 0 Å². The zero-order valence-electron chi connectivity index (χ0n) is 6.91. The Morgan fingerprint density at radius 1 is 1.07 bits per heavy atom. The zero-order valence-corrected chi connectivity index (χ0v) is 9.01. The maximum absolute atomic E-state index is 10.6. The number of hydrogen-bond donors (Lipinski definition) is 2. The second-order valence-electron chi connectivity index (χ2n) is 2.28. The fourth-order valence-corrected chi connectivity index (χ4v) is 0.884. The molecule has 0 unspecified atom stereocenters. The molecule has 0 bridgehead atoms. The van der Waals surface area contributed by atoms with Crippen molar-refractivity contribution in [3.8, 4) is 0 Å². The van der Waals surface area contributed by atoms with Gasteiger partial charge in [0, 0.05) is 0 Å². The fourth-order valence-electron chi connectivity index (χ4n) is 0.884. The number of benzene rings is 1. The molecule has 1 aliphatic rings. The number of fused-ring (bicyclic) bond motifs is 1. The number of hydrogen-bond acceptors (Lipinski definition) is 2. The first-order valence-corrected chi connectivity index (χ1v) is 6.31. The van der Waals surface area contributed by atoms with Gasteiger partial charge in [0.1, 0.15) is 0 Å². The summed E-state index contributed by atoms with van der Waals surface area (Å²) in [4.78, 5) is 17.9. The van der Waals surface area contributed by atoms with Crippen LogP contribution >= 0.6 is 0 Å². The van der Waals surface area contributed by atoms with E-state index in [0.717, 1.165) is 0 Å². The molecule has 0 spiro atoms. The summed E-state index contributed by atoms with van der Waals surface area (Å²) in [7, 11) is 0. The van der Waals surface area contributed by atoms with Gasteiger partial charge in [0.2, 0.25) is 0 Å². The van der Waals surface area contributed by atoms with Gasteiger partial charge in [-0.3, -0.25) is 0 Å². The van der Waals surface area contributed by atoms with E-state index < -0.39 is 21.3 Å². The van der Waals surface area contributed by atoms with Gasteiger partial charge >= 0.3 is 33.2 Å². The van der Waals surface area contributed by atoms with Crippen molar-refractivity contribution in [3.63, 3.8) is 0 Å². The van der Waals surface area contributed by atoms with Gasteiger partial charge in [0.25, 0.3) is 0 Å². The number of amides is 2. The average Bonchev–Trinajstić information content (AvgIpc) is 2.42. The predicted molar refractivity (Wildman–Crippen MR) is 46.4 cm³/mol. The quantitative estimate of drug-likeness (QED) is 0.535. The third-order valence-corrected chi connectivity index (χ3v) is 1.31. The average molecular weight is 258 g/mol. The molecule has 0 aliphatic carbocycles. The molecule has 1 aliphatic heterocycles. The first-order chi connectivity index (χ1) is 6.59. The van der Waals surface area contributed by atoms with Gasteiger partial charge in [-0.2, -0.15) is 9.98 Å². The maximum atomic E-state index is 10.6. The van der Waals surface area contributed by atoms with E-state index in [0.29, 0.717) is 10.7 Å². The van der Waals surface area contributed by atoms with Gasteiger partial charge in [-0.1, -0.05) is 12.1 Å². The molecule has 6 nitrogen and oxygen atoms in total. The van der Waals surface area contributed by atoms with Crippen LogP contribution in [-0.2, 0) is 3.74 Å². The van der Waals surface area contributed by atoms with E-state index in [4.69, 9.17) is 11.9 Å². The Balaban J connectivity index is 0.000000213. The van der Waals surface area contributed by atoms with Crippen LogP contribution in [0.2, 0.25) is 0 Å². The van der Waals surface area contributed by atoms with Crippen LogP contribution < -0.4 is 10.7 Å². The van der Waals surface area contributed by atoms with Crippen LogP contribution in [-0.4, -0.2) is 29.5 Å². The van der Waals surface area contributed by atoms with Crippen molar-refractivity contribution in [1.29, 1.82) is 0 Å². The van der Waals surface area contributed by atoms with Crippen LogP contribution in [0.15, 0.2) is 34.3 Å². The first kappa shape index (κ1) is 10.8. The SMILES string of the molecule is O=C1N=c2ccccc2=N1.O=[AsH](O)O. The summed E-state index contributed by atoms with van der Waals surface area (Å²) in [6.45, 7) is 0. The van der Waals surface area contributed by atoms with Crippen molar-refractivity contribution >= 4 is 21.3 Å². The molecule has 2 amide bonds. The molecule has 1 heterocycles. The zero-order chi connectivity index (χ0) is 10.6. The molecular weight excluding hydrogens is 251 g/mol. The normalized spacial score (nSPS) is 12.4. The minimum atomic E-state index is -3.58. The molecule has 1 aromatic carbocycles. The number of carbonyl (C=O) groups excluding carboxylic acids is 1. The van der Waals surface area contributed by atoms with E-state index in [9.17, 15) is 4.79 Å². The monoisotopic (exact) mass is 258 g/mol. The molecule has 0 atom stereocenters. The van der Waals surface area contributed by atoms with Crippen molar-refractivity contribution in [2.75, 3.05) is 0 Å². The summed E-state index contributed by atoms with van der Waals surface area (Å²) in [6, 6.07) is 6.79. The molecule has 0 saturated carbocycles. The Bertz CT molecular complexity index is 444. The molecule has 0 fully saturated rings. The number of nitrogens with zero attached hydrogens (tertiary/aromatic N) is 2. The van der Waals surface area contributed by atoms with E-state index in [2.05, 4.69) is 9.98 Å². The van der Waals surface area contributed by atoms with Crippen LogP contribution in [0.25, 0.3) is 0 Å². The van der Waals surface area contributed by atoms with Gasteiger partial charge in [-0.15, -0.1) is 0 Å². The second kappa shape index (κ2) is 4.85. The standard InChI is InChI=1S/C7H4N2O.AsH3O3/c10-7-8-5-3-1-2-4-6(5)9-7;2-1(3)4/h1-4H;1H,(H2,2,3,4). The number of rotatable bonds is 0. The van der Waals surface area contributed by atoms with Crippen molar-refractivity contribution in [1.82, 2.24) is 0 Å².